The SMILES string of the molecule is COc1cc(C(=O)COC(=O)CN2C(=O)c3ccccc3C2=O)cc(OC)c1OC. The number of amides is 2. The van der Waals surface area contributed by atoms with Gasteiger partial charge in [0, 0.05) is 5.56 Å². The summed E-state index contributed by atoms with van der Waals surface area (Å²) < 4.78 is 20.6. The van der Waals surface area contributed by atoms with Crippen LogP contribution in [0.1, 0.15) is 31.1 Å². The molecule has 2 amide bonds. The number of hydrogen-bond donors (Lipinski definition) is 0. The third-order valence-corrected chi connectivity index (χ3v) is 4.52. The highest BCUT2D eigenvalue weighted by atomic mass is 16.5. The largest absolute Gasteiger partial charge is 0.493 e. The number of benzene rings is 2. The molecule has 0 radical (unpaired) electrons. The van der Waals surface area contributed by atoms with Gasteiger partial charge in [-0.15, -0.1) is 0 Å². The Hall–Kier alpha value is -3.88. The fourth-order valence-corrected chi connectivity index (χ4v) is 3.03. The van der Waals surface area contributed by atoms with Crippen LogP contribution < -0.4 is 14.2 Å². The molecule has 0 saturated carbocycles. The number of imide groups is 1. The molecular formula is C21H19NO8. The number of rotatable bonds is 8. The zero-order valence-corrected chi connectivity index (χ0v) is 16.6. The lowest BCUT2D eigenvalue weighted by Gasteiger charge is -2.14. The second kappa shape index (κ2) is 8.64. The molecule has 9 heteroatoms. The number of fused-ring (bicyclic) bond motifs is 1. The molecule has 0 bridgehead atoms. The van der Waals surface area contributed by atoms with Gasteiger partial charge in [0.1, 0.15) is 6.54 Å². The minimum absolute atomic E-state index is 0.179. The maximum absolute atomic E-state index is 12.5. The van der Waals surface area contributed by atoms with Crippen molar-refractivity contribution in [1.82, 2.24) is 4.90 Å². The van der Waals surface area contributed by atoms with Gasteiger partial charge in [-0.2, -0.15) is 0 Å². The summed E-state index contributed by atoms with van der Waals surface area (Å²) in [4.78, 5) is 50.0. The molecule has 1 heterocycles. The van der Waals surface area contributed by atoms with Gasteiger partial charge in [-0.1, -0.05) is 12.1 Å². The van der Waals surface area contributed by atoms with E-state index < -0.39 is 36.7 Å². The summed E-state index contributed by atoms with van der Waals surface area (Å²) >= 11 is 0. The predicted octanol–water partition coefficient (Wildman–Crippen LogP) is 1.73. The van der Waals surface area contributed by atoms with Gasteiger partial charge in [0.05, 0.1) is 32.5 Å². The Balaban J connectivity index is 1.65. The van der Waals surface area contributed by atoms with Crippen molar-refractivity contribution in [2.24, 2.45) is 0 Å². The lowest BCUT2D eigenvalue weighted by Crippen LogP contribution is -2.36. The number of carbonyl (C=O) groups is 4. The number of methoxy groups -OCH3 is 3. The maximum atomic E-state index is 12.5. The highest BCUT2D eigenvalue weighted by molar-refractivity contribution is 6.22. The molecule has 0 fully saturated rings. The number of ketones is 1. The van der Waals surface area contributed by atoms with Crippen LogP contribution in [0.25, 0.3) is 0 Å². The number of nitrogens with zero attached hydrogens (tertiary/aromatic N) is 1. The maximum Gasteiger partial charge on any atom is 0.326 e. The van der Waals surface area contributed by atoms with Crippen LogP contribution in [0.2, 0.25) is 0 Å². The third kappa shape index (κ3) is 3.82. The van der Waals surface area contributed by atoms with E-state index in [1.807, 2.05) is 0 Å². The molecule has 30 heavy (non-hydrogen) atoms. The van der Waals surface area contributed by atoms with E-state index in [-0.39, 0.29) is 28.2 Å². The normalized spacial score (nSPS) is 12.4. The van der Waals surface area contributed by atoms with Crippen molar-refractivity contribution in [3.63, 3.8) is 0 Å². The van der Waals surface area contributed by atoms with Crippen molar-refractivity contribution in [3.05, 3.63) is 53.1 Å². The molecule has 9 nitrogen and oxygen atoms in total. The molecule has 0 atom stereocenters. The standard InChI is InChI=1S/C21H19NO8/c1-27-16-8-12(9-17(28-2)19(16)29-3)15(23)11-30-18(24)10-22-20(25)13-6-4-5-7-14(13)21(22)26/h4-9H,10-11H2,1-3H3. The minimum Gasteiger partial charge on any atom is -0.493 e. The number of esters is 1. The van der Waals surface area contributed by atoms with Gasteiger partial charge in [-0.25, -0.2) is 0 Å². The van der Waals surface area contributed by atoms with Gasteiger partial charge in [0.25, 0.3) is 11.8 Å². The molecule has 2 aromatic carbocycles. The van der Waals surface area contributed by atoms with Gasteiger partial charge < -0.3 is 18.9 Å². The summed E-state index contributed by atoms with van der Waals surface area (Å²) in [5.41, 5.74) is 0.630. The predicted molar refractivity (Wildman–Crippen MR) is 103 cm³/mol. The first-order chi connectivity index (χ1) is 14.4. The smallest absolute Gasteiger partial charge is 0.326 e. The fraction of sp³-hybridized carbons (Fsp3) is 0.238. The fourth-order valence-electron chi connectivity index (χ4n) is 3.03. The first-order valence-electron chi connectivity index (χ1n) is 8.85. The van der Waals surface area contributed by atoms with Crippen LogP contribution in [0.15, 0.2) is 36.4 Å². The number of ether oxygens (including phenoxy) is 4. The summed E-state index contributed by atoms with van der Waals surface area (Å²) in [5.74, 6) is -1.70. The lowest BCUT2D eigenvalue weighted by molar-refractivity contribution is -0.142. The molecule has 0 N–H and O–H groups in total. The highest BCUT2D eigenvalue weighted by Gasteiger charge is 2.36. The van der Waals surface area contributed by atoms with Gasteiger partial charge in [-0.3, -0.25) is 24.1 Å². The van der Waals surface area contributed by atoms with E-state index >= 15 is 0 Å². The summed E-state index contributed by atoms with van der Waals surface area (Å²) in [6.45, 7) is -1.17. The van der Waals surface area contributed by atoms with E-state index in [9.17, 15) is 19.2 Å². The molecule has 1 aliphatic heterocycles. The van der Waals surface area contributed by atoms with Crippen molar-refractivity contribution >= 4 is 23.6 Å². The Morgan fingerprint density at radius 3 is 1.87 bits per heavy atom. The van der Waals surface area contributed by atoms with Crippen LogP contribution in [0.3, 0.4) is 0 Å². The van der Waals surface area contributed by atoms with E-state index in [0.29, 0.717) is 5.75 Å². The molecule has 3 rings (SSSR count). The number of carbonyl (C=O) groups excluding carboxylic acids is 4. The first-order valence-corrected chi connectivity index (χ1v) is 8.85. The molecular weight excluding hydrogens is 394 g/mol. The van der Waals surface area contributed by atoms with E-state index in [2.05, 4.69) is 0 Å². The topological polar surface area (TPSA) is 108 Å². The zero-order valence-electron chi connectivity index (χ0n) is 16.6. The van der Waals surface area contributed by atoms with Crippen LogP contribution in [-0.2, 0) is 9.53 Å². The Labute approximate surface area is 172 Å². The number of hydrogen-bond acceptors (Lipinski definition) is 8. The van der Waals surface area contributed by atoms with Crippen LogP contribution in [-0.4, -0.2) is 62.9 Å². The van der Waals surface area contributed by atoms with E-state index in [0.717, 1.165) is 4.90 Å². The van der Waals surface area contributed by atoms with Gasteiger partial charge in [0.2, 0.25) is 11.5 Å². The van der Waals surface area contributed by atoms with Crippen molar-refractivity contribution in [3.8, 4) is 17.2 Å². The average molecular weight is 413 g/mol. The monoisotopic (exact) mass is 413 g/mol. The Morgan fingerprint density at radius 2 is 1.40 bits per heavy atom. The molecule has 0 aromatic heterocycles. The summed E-state index contributed by atoms with van der Waals surface area (Å²) in [5, 5.41) is 0. The summed E-state index contributed by atoms with van der Waals surface area (Å²) in [6, 6.07) is 9.14. The van der Waals surface area contributed by atoms with Gasteiger partial charge >= 0.3 is 5.97 Å². The Morgan fingerprint density at radius 1 is 0.867 bits per heavy atom. The van der Waals surface area contributed by atoms with Crippen molar-refractivity contribution in [2.45, 2.75) is 0 Å². The minimum atomic E-state index is -0.884. The van der Waals surface area contributed by atoms with Crippen LogP contribution in [0.4, 0.5) is 0 Å². The molecule has 0 spiro atoms. The second-order valence-electron chi connectivity index (χ2n) is 6.24. The number of Topliss-reactive ketones (excluding diaryl/α,β-unsaturated/α-hetero) is 1. The highest BCUT2D eigenvalue weighted by Crippen LogP contribution is 2.38. The van der Waals surface area contributed by atoms with E-state index in [4.69, 9.17) is 18.9 Å². The molecule has 0 aliphatic carbocycles. The average Bonchev–Trinajstić information content (AvgIpc) is 3.01. The quantitative estimate of drug-likeness (QED) is 0.366. The molecule has 156 valence electrons. The second-order valence-corrected chi connectivity index (χ2v) is 6.24. The van der Waals surface area contributed by atoms with Crippen molar-refractivity contribution < 1.29 is 38.1 Å². The van der Waals surface area contributed by atoms with Gasteiger partial charge in [0.15, 0.2) is 18.1 Å². The van der Waals surface area contributed by atoms with Crippen LogP contribution >= 0.6 is 0 Å². The zero-order chi connectivity index (χ0) is 21.8. The first kappa shape index (κ1) is 20.8. The van der Waals surface area contributed by atoms with Crippen LogP contribution in [0, 0.1) is 0 Å². The lowest BCUT2D eigenvalue weighted by atomic mass is 10.1. The third-order valence-electron chi connectivity index (χ3n) is 4.52. The molecule has 0 unspecified atom stereocenters. The molecule has 0 saturated heterocycles. The van der Waals surface area contributed by atoms with Crippen molar-refractivity contribution in [1.29, 1.82) is 0 Å². The Bertz CT molecular complexity index is 969. The van der Waals surface area contributed by atoms with Crippen LogP contribution in [0.5, 0.6) is 17.2 Å². The molecule has 2 aromatic rings. The van der Waals surface area contributed by atoms with E-state index in [1.54, 1.807) is 12.1 Å². The van der Waals surface area contributed by atoms with Crippen molar-refractivity contribution in [2.75, 3.05) is 34.5 Å². The van der Waals surface area contributed by atoms with E-state index in [1.165, 1.54) is 45.6 Å². The molecule has 1 aliphatic rings. The Kier molecular flexibility index (Phi) is 6.01. The summed E-state index contributed by atoms with van der Waals surface area (Å²) in [7, 11) is 4.25. The van der Waals surface area contributed by atoms with Gasteiger partial charge in [-0.05, 0) is 24.3 Å². The summed E-state index contributed by atoms with van der Waals surface area (Å²) in [6.07, 6.45) is 0.